The first-order valence-electron chi connectivity index (χ1n) is 5.19. The van der Waals surface area contributed by atoms with Crippen molar-refractivity contribution in [1.82, 2.24) is 0 Å². The maximum Gasteiger partial charge on any atom is 0.258 e. The predicted molar refractivity (Wildman–Crippen MR) is 78.5 cm³/mol. The highest BCUT2D eigenvalue weighted by molar-refractivity contribution is 9.10. The molecule has 0 aromatic heterocycles. The third kappa shape index (κ3) is 3.47. The second-order valence-electron chi connectivity index (χ2n) is 3.71. The van der Waals surface area contributed by atoms with Gasteiger partial charge in [0.25, 0.3) is 5.91 Å². The summed E-state index contributed by atoms with van der Waals surface area (Å²) in [7, 11) is 0. The summed E-state index contributed by atoms with van der Waals surface area (Å²) < 4.78 is 14.2. The first-order valence-corrected chi connectivity index (χ1v) is 6.74. The first kappa shape index (κ1) is 14.3. The molecule has 0 bridgehead atoms. The third-order valence-corrected chi connectivity index (χ3v) is 3.59. The van der Waals surface area contributed by atoms with E-state index in [0.717, 1.165) is 0 Å². The van der Waals surface area contributed by atoms with E-state index in [1.54, 1.807) is 18.2 Å². The predicted octanol–water partition coefficient (Wildman–Crippen LogP) is 5.15. The molecule has 2 aromatic rings. The van der Waals surface area contributed by atoms with Gasteiger partial charge in [-0.05, 0) is 36.4 Å². The van der Waals surface area contributed by atoms with Gasteiger partial charge in [0.1, 0.15) is 5.82 Å². The number of nitrogens with one attached hydrogen (secondary N) is 1. The van der Waals surface area contributed by atoms with Gasteiger partial charge in [-0.15, -0.1) is 0 Å². The van der Waals surface area contributed by atoms with E-state index < -0.39 is 11.7 Å². The standard InChI is InChI=1S/C13H7BrCl2FNO/c14-7-1-3-9(12(17)5-7)13(19)18-8-2-4-10(15)11(16)6-8/h1-6H,(H,18,19). The van der Waals surface area contributed by atoms with Gasteiger partial charge in [0, 0.05) is 10.2 Å². The maximum absolute atomic E-state index is 13.6. The number of hydrogen-bond donors (Lipinski definition) is 1. The topological polar surface area (TPSA) is 29.1 Å². The summed E-state index contributed by atoms with van der Waals surface area (Å²) in [4.78, 5) is 11.9. The lowest BCUT2D eigenvalue weighted by Crippen LogP contribution is -2.13. The number of anilines is 1. The Balaban J connectivity index is 2.23. The van der Waals surface area contributed by atoms with E-state index in [0.29, 0.717) is 20.2 Å². The van der Waals surface area contributed by atoms with Crippen molar-refractivity contribution < 1.29 is 9.18 Å². The molecular weight excluding hydrogens is 356 g/mol. The van der Waals surface area contributed by atoms with Gasteiger partial charge in [0.15, 0.2) is 0 Å². The van der Waals surface area contributed by atoms with Crippen LogP contribution in [0.5, 0.6) is 0 Å². The Bertz CT molecular complexity index is 649. The summed E-state index contributed by atoms with van der Waals surface area (Å²) in [5.74, 6) is -1.16. The van der Waals surface area contributed by atoms with Gasteiger partial charge in [-0.2, -0.15) is 0 Å². The molecule has 0 aliphatic carbocycles. The highest BCUT2D eigenvalue weighted by Crippen LogP contribution is 2.25. The molecule has 6 heteroatoms. The molecule has 2 aromatic carbocycles. The van der Waals surface area contributed by atoms with Gasteiger partial charge in [0.2, 0.25) is 0 Å². The fourth-order valence-corrected chi connectivity index (χ4v) is 2.08. The Morgan fingerprint density at radius 3 is 2.47 bits per heavy atom. The molecule has 0 radical (unpaired) electrons. The van der Waals surface area contributed by atoms with E-state index in [2.05, 4.69) is 21.2 Å². The van der Waals surface area contributed by atoms with Crippen LogP contribution in [0.25, 0.3) is 0 Å². The number of rotatable bonds is 2. The number of hydrogen-bond acceptors (Lipinski definition) is 1. The lowest BCUT2D eigenvalue weighted by molar-refractivity contribution is 0.102. The summed E-state index contributed by atoms with van der Waals surface area (Å²) in [6.45, 7) is 0. The normalized spacial score (nSPS) is 10.3. The molecule has 0 spiro atoms. The molecule has 2 rings (SSSR count). The van der Waals surface area contributed by atoms with Crippen molar-refractivity contribution in [3.63, 3.8) is 0 Å². The van der Waals surface area contributed by atoms with Crippen LogP contribution in [0, 0.1) is 5.82 Å². The Morgan fingerprint density at radius 2 is 1.84 bits per heavy atom. The SMILES string of the molecule is O=C(Nc1ccc(Cl)c(Cl)c1)c1ccc(Br)cc1F. The zero-order chi connectivity index (χ0) is 14.0. The van der Waals surface area contributed by atoms with Crippen LogP contribution in [0.2, 0.25) is 10.0 Å². The molecule has 1 amide bonds. The second kappa shape index (κ2) is 5.90. The van der Waals surface area contributed by atoms with Crippen molar-refractivity contribution in [2.75, 3.05) is 5.32 Å². The molecule has 0 aliphatic rings. The molecule has 19 heavy (non-hydrogen) atoms. The minimum Gasteiger partial charge on any atom is -0.322 e. The zero-order valence-electron chi connectivity index (χ0n) is 9.38. The van der Waals surface area contributed by atoms with E-state index in [1.807, 2.05) is 0 Å². The lowest BCUT2D eigenvalue weighted by Gasteiger charge is -2.07. The molecule has 1 N–H and O–H groups in total. The average molecular weight is 363 g/mol. The molecule has 0 aliphatic heterocycles. The van der Waals surface area contributed by atoms with Crippen LogP contribution in [0.15, 0.2) is 40.9 Å². The van der Waals surface area contributed by atoms with Crippen molar-refractivity contribution in [3.8, 4) is 0 Å². The Labute approximate surface area is 127 Å². The molecule has 0 unspecified atom stereocenters. The smallest absolute Gasteiger partial charge is 0.258 e. The molecule has 0 saturated carbocycles. The van der Waals surface area contributed by atoms with Crippen LogP contribution >= 0.6 is 39.1 Å². The van der Waals surface area contributed by atoms with Crippen molar-refractivity contribution >= 4 is 50.7 Å². The summed E-state index contributed by atoms with van der Waals surface area (Å²) in [6, 6.07) is 8.85. The molecule has 98 valence electrons. The average Bonchev–Trinajstić information content (AvgIpc) is 2.33. The minimum absolute atomic E-state index is 0.0470. The van der Waals surface area contributed by atoms with Gasteiger partial charge in [0.05, 0.1) is 15.6 Å². The molecule has 2 nitrogen and oxygen atoms in total. The second-order valence-corrected chi connectivity index (χ2v) is 5.44. The van der Waals surface area contributed by atoms with E-state index in [1.165, 1.54) is 18.2 Å². The number of carbonyl (C=O) groups is 1. The van der Waals surface area contributed by atoms with Crippen LogP contribution in [-0.4, -0.2) is 5.91 Å². The van der Waals surface area contributed by atoms with Crippen LogP contribution in [-0.2, 0) is 0 Å². The summed E-state index contributed by atoms with van der Waals surface area (Å²) in [6.07, 6.45) is 0. The molecule has 0 heterocycles. The lowest BCUT2D eigenvalue weighted by atomic mass is 10.2. The summed E-state index contributed by atoms with van der Waals surface area (Å²) >= 11 is 14.7. The fraction of sp³-hybridized carbons (Fsp3) is 0. The van der Waals surface area contributed by atoms with E-state index >= 15 is 0 Å². The van der Waals surface area contributed by atoms with Crippen molar-refractivity contribution in [2.24, 2.45) is 0 Å². The summed E-state index contributed by atoms with van der Waals surface area (Å²) in [5, 5.41) is 3.25. The minimum atomic E-state index is -0.605. The van der Waals surface area contributed by atoms with Crippen LogP contribution < -0.4 is 5.32 Å². The Hall–Kier alpha value is -1.10. The van der Waals surface area contributed by atoms with Crippen molar-refractivity contribution in [2.45, 2.75) is 0 Å². The quantitative estimate of drug-likeness (QED) is 0.786. The largest absolute Gasteiger partial charge is 0.322 e. The van der Waals surface area contributed by atoms with Crippen LogP contribution in [0.3, 0.4) is 0 Å². The number of benzene rings is 2. The first-order chi connectivity index (χ1) is 8.97. The molecular formula is C13H7BrCl2FNO. The van der Waals surface area contributed by atoms with Gasteiger partial charge in [-0.25, -0.2) is 4.39 Å². The fourth-order valence-electron chi connectivity index (χ4n) is 1.45. The van der Waals surface area contributed by atoms with Crippen LogP contribution in [0.1, 0.15) is 10.4 Å². The number of amides is 1. The molecule has 0 atom stereocenters. The van der Waals surface area contributed by atoms with Crippen molar-refractivity contribution in [1.29, 1.82) is 0 Å². The zero-order valence-corrected chi connectivity index (χ0v) is 12.5. The molecule has 0 saturated heterocycles. The van der Waals surface area contributed by atoms with Crippen molar-refractivity contribution in [3.05, 3.63) is 62.3 Å². The van der Waals surface area contributed by atoms with E-state index in [4.69, 9.17) is 23.2 Å². The van der Waals surface area contributed by atoms with E-state index in [-0.39, 0.29) is 5.56 Å². The monoisotopic (exact) mass is 361 g/mol. The summed E-state index contributed by atoms with van der Waals surface area (Å²) in [5.41, 5.74) is 0.399. The highest BCUT2D eigenvalue weighted by Gasteiger charge is 2.12. The highest BCUT2D eigenvalue weighted by atomic mass is 79.9. The van der Waals surface area contributed by atoms with Crippen LogP contribution in [0.4, 0.5) is 10.1 Å². The Kier molecular flexibility index (Phi) is 4.45. The number of halogens is 4. The van der Waals surface area contributed by atoms with Gasteiger partial charge in [-0.1, -0.05) is 39.1 Å². The third-order valence-electron chi connectivity index (χ3n) is 2.35. The maximum atomic E-state index is 13.6. The van der Waals surface area contributed by atoms with E-state index in [9.17, 15) is 9.18 Å². The Morgan fingerprint density at radius 1 is 1.11 bits per heavy atom. The molecule has 0 fully saturated rings. The number of carbonyl (C=O) groups excluding carboxylic acids is 1. The van der Waals surface area contributed by atoms with Gasteiger partial charge >= 0.3 is 0 Å². The van der Waals surface area contributed by atoms with Gasteiger partial charge < -0.3 is 5.32 Å². The van der Waals surface area contributed by atoms with Gasteiger partial charge in [-0.3, -0.25) is 4.79 Å².